The third-order valence-corrected chi connectivity index (χ3v) is 3.16. The van der Waals surface area contributed by atoms with Crippen LogP contribution in [0.25, 0.3) is 0 Å². The number of rotatable bonds is 7. The van der Waals surface area contributed by atoms with E-state index in [0.29, 0.717) is 11.3 Å². The summed E-state index contributed by atoms with van der Waals surface area (Å²) < 4.78 is 41.2. The molecule has 0 bridgehead atoms. The number of nitrogens with one attached hydrogen (secondary N) is 1. The van der Waals surface area contributed by atoms with Gasteiger partial charge in [0, 0.05) is 17.4 Å². The van der Waals surface area contributed by atoms with Crippen molar-refractivity contribution in [1.29, 1.82) is 0 Å². The van der Waals surface area contributed by atoms with Gasteiger partial charge in [-0.25, -0.2) is 0 Å². The van der Waals surface area contributed by atoms with E-state index in [0.717, 1.165) is 13.0 Å². The number of ether oxygens (including phenoxy) is 1. The van der Waals surface area contributed by atoms with Crippen LogP contribution in [0, 0.1) is 0 Å². The van der Waals surface area contributed by atoms with Crippen molar-refractivity contribution in [3.8, 4) is 5.75 Å². The SMILES string of the molecule is CCCNC(CSC)c1ccccc1OC(F)(F)F. The van der Waals surface area contributed by atoms with Crippen LogP contribution in [0.15, 0.2) is 24.3 Å². The van der Waals surface area contributed by atoms with Crippen LogP contribution in [0.3, 0.4) is 0 Å². The summed E-state index contributed by atoms with van der Waals surface area (Å²) in [6.45, 7) is 2.77. The van der Waals surface area contributed by atoms with Crippen LogP contribution >= 0.6 is 11.8 Å². The molecular weight excluding hydrogens is 275 g/mol. The van der Waals surface area contributed by atoms with Gasteiger partial charge in [0.25, 0.3) is 0 Å². The molecule has 1 atom stereocenters. The monoisotopic (exact) mass is 293 g/mol. The molecule has 1 N–H and O–H groups in total. The maximum atomic E-state index is 12.4. The molecule has 0 aliphatic rings. The van der Waals surface area contributed by atoms with Crippen molar-refractivity contribution in [2.75, 3.05) is 18.6 Å². The van der Waals surface area contributed by atoms with E-state index >= 15 is 0 Å². The molecule has 0 aliphatic heterocycles. The Morgan fingerprint density at radius 1 is 1.32 bits per heavy atom. The van der Waals surface area contributed by atoms with Gasteiger partial charge in [0.05, 0.1) is 0 Å². The Morgan fingerprint density at radius 2 is 2.00 bits per heavy atom. The van der Waals surface area contributed by atoms with Crippen molar-refractivity contribution >= 4 is 11.8 Å². The van der Waals surface area contributed by atoms with Crippen LogP contribution < -0.4 is 10.1 Å². The number of thioether (sulfide) groups is 1. The minimum Gasteiger partial charge on any atom is -0.405 e. The van der Waals surface area contributed by atoms with E-state index in [9.17, 15) is 13.2 Å². The molecule has 0 heterocycles. The summed E-state index contributed by atoms with van der Waals surface area (Å²) in [5, 5.41) is 3.24. The Balaban J connectivity index is 2.94. The summed E-state index contributed by atoms with van der Waals surface area (Å²) in [6, 6.07) is 6.14. The Hall–Kier alpha value is -0.880. The van der Waals surface area contributed by atoms with E-state index in [1.165, 1.54) is 6.07 Å². The fraction of sp³-hybridized carbons (Fsp3) is 0.538. The van der Waals surface area contributed by atoms with Gasteiger partial charge in [-0.3, -0.25) is 0 Å². The topological polar surface area (TPSA) is 21.3 Å². The van der Waals surface area contributed by atoms with Gasteiger partial charge in [-0.1, -0.05) is 25.1 Å². The lowest BCUT2D eigenvalue weighted by Crippen LogP contribution is -2.26. The highest BCUT2D eigenvalue weighted by atomic mass is 32.2. The van der Waals surface area contributed by atoms with Crippen molar-refractivity contribution in [1.82, 2.24) is 5.32 Å². The second-order valence-electron chi connectivity index (χ2n) is 4.05. The molecule has 1 aromatic carbocycles. The van der Waals surface area contributed by atoms with Crippen molar-refractivity contribution in [3.05, 3.63) is 29.8 Å². The smallest absolute Gasteiger partial charge is 0.405 e. The lowest BCUT2D eigenvalue weighted by Gasteiger charge is -2.21. The van der Waals surface area contributed by atoms with Crippen molar-refractivity contribution in [3.63, 3.8) is 0 Å². The summed E-state index contributed by atoms with van der Waals surface area (Å²) in [7, 11) is 0. The van der Waals surface area contributed by atoms with Gasteiger partial charge >= 0.3 is 6.36 Å². The zero-order chi connectivity index (χ0) is 14.3. The molecule has 1 rings (SSSR count). The quantitative estimate of drug-likeness (QED) is 0.821. The molecule has 0 radical (unpaired) electrons. The van der Waals surface area contributed by atoms with Crippen molar-refractivity contribution in [2.45, 2.75) is 25.7 Å². The predicted octanol–water partition coefficient (Wildman–Crippen LogP) is 3.99. The standard InChI is InChI=1S/C13H18F3NOS/c1-3-8-17-11(9-19-2)10-6-4-5-7-12(10)18-13(14,15)16/h4-7,11,17H,3,8-9H2,1-2H3. The van der Waals surface area contributed by atoms with Crippen LogP contribution in [0.4, 0.5) is 13.2 Å². The number of halogens is 3. The molecule has 19 heavy (non-hydrogen) atoms. The van der Waals surface area contributed by atoms with Gasteiger partial charge in [-0.05, 0) is 25.3 Å². The first-order valence-corrected chi connectivity index (χ1v) is 7.44. The number of hydrogen-bond donors (Lipinski definition) is 1. The van der Waals surface area contributed by atoms with E-state index < -0.39 is 6.36 Å². The Kier molecular flexibility index (Phi) is 6.51. The van der Waals surface area contributed by atoms with Gasteiger partial charge in [-0.15, -0.1) is 13.2 Å². The van der Waals surface area contributed by atoms with Crippen LogP contribution in [0.1, 0.15) is 24.9 Å². The predicted molar refractivity (Wildman–Crippen MR) is 72.5 cm³/mol. The average molecular weight is 293 g/mol. The lowest BCUT2D eigenvalue weighted by molar-refractivity contribution is -0.275. The largest absolute Gasteiger partial charge is 0.573 e. The number of hydrogen-bond acceptors (Lipinski definition) is 3. The summed E-state index contributed by atoms with van der Waals surface area (Å²) in [4.78, 5) is 0. The highest BCUT2D eigenvalue weighted by Crippen LogP contribution is 2.31. The van der Waals surface area contributed by atoms with Gasteiger partial charge < -0.3 is 10.1 Å². The molecule has 1 unspecified atom stereocenters. The third-order valence-electron chi connectivity index (χ3n) is 2.49. The second-order valence-corrected chi connectivity index (χ2v) is 4.96. The maximum Gasteiger partial charge on any atom is 0.573 e. The summed E-state index contributed by atoms with van der Waals surface area (Å²) >= 11 is 1.58. The fourth-order valence-corrected chi connectivity index (χ4v) is 2.36. The van der Waals surface area contributed by atoms with Gasteiger partial charge in [0.1, 0.15) is 5.75 Å². The molecular formula is C13H18F3NOS. The summed E-state index contributed by atoms with van der Waals surface area (Å²) in [5.74, 6) is 0.566. The van der Waals surface area contributed by atoms with E-state index in [1.807, 2.05) is 13.2 Å². The van der Waals surface area contributed by atoms with Crippen LogP contribution in [0.2, 0.25) is 0 Å². The van der Waals surface area contributed by atoms with Crippen LogP contribution in [-0.2, 0) is 0 Å². The highest BCUT2D eigenvalue weighted by molar-refractivity contribution is 7.98. The third kappa shape index (κ3) is 5.74. The molecule has 0 aliphatic carbocycles. The first kappa shape index (κ1) is 16.2. The van der Waals surface area contributed by atoms with Gasteiger partial charge in [-0.2, -0.15) is 11.8 Å². The molecule has 0 saturated carbocycles. The van der Waals surface area contributed by atoms with Crippen molar-refractivity contribution < 1.29 is 17.9 Å². The average Bonchev–Trinajstić information content (AvgIpc) is 2.33. The van der Waals surface area contributed by atoms with Crippen molar-refractivity contribution in [2.24, 2.45) is 0 Å². The molecule has 0 fully saturated rings. The Bertz CT molecular complexity index is 384. The minimum atomic E-state index is -4.66. The van der Waals surface area contributed by atoms with Crippen LogP contribution in [-0.4, -0.2) is 24.9 Å². The Morgan fingerprint density at radius 3 is 2.58 bits per heavy atom. The molecule has 0 saturated heterocycles. The van der Waals surface area contributed by atoms with Crippen LogP contribution in [0.5, 0.6) is 5.75 Å². The zero-order valence-corrected chi connectivity index (χ0v) is 11.8. The Labute approximate surface area is 115 Å². The number of alkyl halides is 3. The normalized spacial score (nSPS) is 13.3. The fourth-order valence-electron chi connectivity index (χ4n) is 1.73. The van der Waals surface area contributed by atoms with E-state index in [-0.39, 0.29) is 11.8 Å². The molecule has 1 aromatic rings. The molecule has 0 aromatic heterocycles. The number of para-hydroxylation sites is 1. The summed E-state index contributed by atoms with van der Waals surface area (Å²) in [6.07, 6.45) is -1.81. The van der Waals surface area contributed by atoms with E-state index in [2.05, 4.69) is 10.1 Å². The molecule has 0 amide bonds. The van der Waals surface area contributed by atoms with Gasteiger partial charge in [0.2, 0.25) is 0 Å². The molecule has 108 valence electrons. The second kappa shape index (κ2) is 7.65. The molecule has 0 spiro atoms. The van der Waals surface area contributed by atoms with E-state index in [4.69, 9.17) is 0 Å². The molecule has 6 heteroatoms. The van der Waals surface area contributed by atoms with E-state index in [1.54, 1.807) is 30.0 Å². The lowest BCUT2D eigenvalue weighted by atomic mass is 10.1. The maximum absolute atomic E-state index is 12.4. The first-order chi connectivity index (χ1) is 8.98. The first-order valence-electron chi connectivity index (χ1n) is 6.05. The molecule has 2 nitrogen and oxygen atoms in total. The zero-order valence-electron chi connectivity index (χ0n) is 11.0. The summed E-state index contributed by atoms with van der Waals surface area (Å²) in [5.41, 5.74) is 0.544. The minimum absolute atomic E-state index is 0.127. The highest BCUT2D eigenvalue weighted by Gasteiger charge is 2.32. The van der Waals surface area contributed by atoms with Gasteiger partial charge in [0.15, 0.2) is 0 Å². The number of benzene rings is 1.